The van der Waals surface area contributed by atoms with Gasteiger partial charge in [-0.05, 0) is 35.9 Å². The third-order valence-corrected chi connectivity index (χ3v) is 4.02. The van der Waals surface area contributed by atoms with Crippen molar-refractivity contribution in [2.75, 3.05) is 12.4 Å². The van der Waals surface area contributed by atoms with Crippen LogP contribution in [0.5, 0.6) is 5.75 Å². The number of thiazole rings is 1. The minimum absolute atomic E-state index is 0.159. The Labute approximate surface area is 147 Å². The molecule has 0 aliphatic carbocycles. The quantitative estimate of drug-likeness (QED) is 0.703. The molecule has 0 radical (unpaired) electrons. The Bertz CT molecular complexity index is 910. The first-order chi connectivity index (χ1) is 12.2. The van der Waals surface area contributed by atoms with Crippen molar-refractivity contribution in [3.63, 3.8) is 0 Å². The molecule has 0 spiro atoms. The van der Waals surface area contributed by atoms with Gasteiger partial charge in [-0.1, -0.05) is 12.1 Å². The Kier molecular flexibility index (Phi) is 5.15. The zero-order chi connectivity index (χ0) is 17.6. The second-order valence-corrected chi connectivity index (χ2v) is 5.83. The van der Waals surface area contributed by atoms with Gasteiger partial charge in [0.15, 0.2) is 16.7 Å². The Hall–Kier alpha value is -3.06. The number of aromatic nitrogens is 2. The molecule has 0 atom stereocenters. The molecule has 0 fully saturated rings. The molecule has 0 saturated carbocycles. The van der Waals surface area contributed by atoms with Crippen LogP contribution < -0.4 is 10.1 Å². The van der Waals surface area contributed by atoms with Gasteiger partial charge in [0.1, 0.15) is 5.69 Å². The van der Waals surface area contributed by atoms with Gasteiger partial charge in [0.25, 0.3) is 0 Å². The molecule has 5 nitrogen and oxygen atoms in total. The minimum Gasteiger partial charge on any atom is -0.494 e. The number of halogens is 1. The number of hydrogen-bond acceptors (Lipinski definition) is 5. The van der Waals surface area contributed by atoms with E-state index < -0.39 is 5.82 Å². The van der Waals surface area contributed by atoms with E-state index in [1.807, 2.05) is 23.6 Å². The first-order valence-corrected chi connectivity index (χ1v) is 8.23. The third-order valence-electron chi connectivity index (χ3n) is 3.26. The Morgan fingerprint density at radius 2 is 2.16 bits per heavy atom. The van der Waals surface area contributed by atoms with E-state index in [2.05, 4.69) is 15.3 Å². The van der Waals surface area contributed by atoms with Gasteiger partial charge in [0.05, 0.1) is 12.8 Å². The number of carbonyl (C=O) groups excluding carboxylic acids is 1. The molecule has 2 heterocycles. The van der Waals surface area contributed by atoms with Crippen molar-refractivity contribution in [3.8, 4) is 17.1 Å². The zero-order valence-corrected chi connectivity index (χ0v) is 14.1. The van der Waals surface area contributed by atoms with Crippen molar-refractivity contribution in [3.05, 3.63) is 65.4 Å². The maximum atomic E-state index is 13.6. The molecular weight excluding hydrogens is 341 g/mol. The number of ether oxygens (including phenoxy) is 1. The molecule has 126 valence electrons. The van der Waals surface area contributed by atoms with Crippen LogP contribution in [0.3, 0.4) is 0 Å². The van der Waals surface area contributed by atoms with Crippen LogP contribution in [0.2, 0.25) is 0 Å². The van der Waals surface area contributed by atoms with Crippen molar-refractivity contribution in [1.29, 1.82) is 0 Å². The van der Waals surface area contributed by atoms with E-state index in [1.165, 1.54) is 42.7 Å². The standard InChI is InChI=1S/C18H14FN3O2S/c1-24-16-7-5-12(10-13(16)19)6-8-17(23)22-18-21-15(11-25-18)14-4-2-3-9-20-14/h2-11H,1H3,(H,21,22,23)/b8-6+. The van der Waals surface area contributed by atoms with E-state index in [0.29, 0.717) is 16.4 Å². The summed E-state index contributed by atoms with van der Waals surface area (Å²) in [6, 6.07) is 10.0. The monoisotopic (exact) mass is 355 g/mol. The normalized spacial score (nSPS) is 10.8. The van der Waals surface area contributed by atoms with Crippen LogP contribution in [0.1, 0.15) is 5.56 Å². The molecule has 0 aliphatic rings. The molecule has 3 rings (SSSR count). The number of methoxy groups -OCH3 is 1. The van der Waals surface area contributed by atoms with Crippen molar-refractivity contribution >= 4 is 28.5 Å². The predicted molar refractivity (Wildman–Crippen MR) is 96.0 cm³/mol. The number of rotatable bonds is 5. The molecule has 1 amide bonds. The summed E-state index contributed by atoms with van der Waals surface area (Å²) in [6.07, 6.45) is 4.53. The molecular formula is C18H14FN3O2S. The SMILES string of the molecule is COc1ccc(/C=C/C(=O)Nc2nc(-c3ccccn3)cs2)cc1F. The fourth-order valence-corrected chi connectivity index (χ4v) is 2.78. The van der Waals surface area contributed by atoms with Crippen LogP contribution in [-0.2, 0) is 4.79 Å². The summed E-state index contributed by atoms with van der Waals surface area (Å²) >= 11 is 1.31. The molecule has 0 unspecified atom stereocenters. The number of nitrogens with one attached hydrogen (secondary N) is 1. The Balaban J connectivity index is 1.65. The van der Waals surface area contributed by atoms with Gasteiger partial charge in [-0.3, -0.25) is 15.1 Å². The van der Waals surface area contributed by atoms with Crippen LogP contribution in [0.25, 0.3) is 17.5 Å². The highest BCUT2D eigenvalue weighted by Crippen LogP contribution is 2.23. The summed E-state index contributed by atoms with van der Waals surface area (Å²) in [5.41, 5.74) is 1.99. The molecule has 25 heavy (non-hydrogen) atoms. The number of anilines is 1. The largest absolute Gasteiger partial charge is 0.494 e. The van der Waals surface area contributed by atoms with Crippen molar-refractivity contribution < 1.29 is 13.9 Å². The van der Waals surface area contributed by atoms with Gasteiger partial charge in [-0.25, -0.2) is 9.37 Å². The van der Waals surface area contributed by atoms with E-state index in [9.17, 15) is 9.18 Å². The number of hydrogen-bond donors (Lipinski definition) is 1. The molecule has 2 aromatic heterocycles. The summed E-state index contributed by atoms with van der Waals surface area (Å²) in [4.78, 5) is 20.5. The Morgan fingerprint density at radius 1 is 1.28 bits per heavy atom. The molecule has 0 aliphatic heterocycles. The summed E-state index contributed by atoms with van der Waals surface area (Å²) in [6.45, 7) is 0. The first kappa shape index (κ1) is 16.8. The third kappa shape index (κ3) is 4.27. The van der Waals surface area contributed by atoms with Crippen LogP contribution in [-0.4, -0.2) is 23.0 Å². The van der Waals surface area contributed by atoms with Gasteiger partial charge in [0.2, 0.25) is 5.91 Å². The van der Waals surface area contributed by atoms with Crippen molar-refractivity contribution in [2.24, 2.45) is 0 Å². The first-order valence-electron chi connectivity index (χ1n) is 7.35. The lowest BCUT2D eigenvalue weighted by Crippen LogP contribution is -2.07. The second-order valence-electron chi connectivity index (χ2n) is 4.97. The van der Waals surface area contributed by atoms with E-state index in [-0.39, 0.29) is 11.7 Å². The number of amides is 1. The molecule has 0 bridgehead atoms. The summed E-state index contributed by atoms with van der Waals surface area (Å²) in [7, 11) is 1.40. The summed E-state index contributed by atoms with van der Waals surface area (Å²) < 4.78 is 18.5. The van der Waals surface area contributed by atoms with Gasteiger partial charge >= 0.3 is 0 Å². The summed E-state index contributed by atoms with van der Waals surface area (Å²) in [5.74, 6) is -0.672. The minimum atomic E-state index is -0.481. The van der Waals surface area contributed by atoms with Crippen LogP contribution in [0.15, 0.2) is 54.1 Å². The molecule has 1 aromatic carbocycles. The Morgan fingerprint density at radius 3 is 2.88 bits per heavy atom. The summed E-state index contributed by atoms with van der Waals surface area (Å²) in [5, 5.41) is 4.96. The molecule has 7 heteroatoms. The van der Waals surface area contributed by atoms with Gasteiger partial charge in [0, 0.05) is 17.7 Å². The van der Waals surface area contributed by atoms with Crippen molar-refractivity contribution in [2.45, 2.75) is 0 Å². The smallest absolute Gasteiger partial charge is 0.250 e. The van der Waals surface area contributed by atoms with Crippen LogP contribution in [0, 0.1) is 5.82 Å². The van der Waals surface area contributed by atoms with E-state index >= 15 is 0 Å². The van der Waals surface area contributed by atoms with Gasteiger partial charge in [-0.15, -0.1) is 11.3 Å². The van der Waals surface area contributed by atoms with Crippen LogP contribution >= 0.6 is 11.3 Å². The second kappa shape index (κ2) is 7.67. The van der Waals surface area contributed by atoms with Gasteiger partial charge < -0.3 is 4.74 Å². The van der Waals surface area contributed by atoms with E-state index in [0.717, 1.165) is 5.69 Å². The number of carbonyl (C=O) groups is 1. The average Bonchev–Trinajstić information content (AvgIpc) is 3.09. The van der Waals surface area contributed by atoms with E-state index in [4.69, 9.17) is 4.74 Å². The lowest BCUT2D eigenvalue weighted by molar-refractivity contribution is -0.111. The van der Waals surface area contributed by atoms with Crippen LogP contribution in [0.4, 0.5) is 9.52 Å². The maximum Gasteiger partial charge on any atom is 0.250 e. The molecule has 1 N–H and O–H groups in total. The fraction of sp³-hybridized carbons (Fsp3) is 0.0556. The van der Waals surface area contributed by atoms with Crippen molar-refractivity contribution in [1.82, 2.24) is 9.97 Å². The fourth-order valence-electron chi connectivity index (χ4n) is 2.07. The zero-order valence-electron chi connectivity index (χ0n) is 13.3. The number of nitrogens with zero attached hydrogens (tertiary/aromatic N) is 2. The molecule has 0 saturated heterocycles. The maximum absolute atomic E-state index is 13.6. The van der Waals surface area contributed by atoms with Gasteiger partial charge in [-0.2, -0.15) is 0 Å². The number of pyridine rings is 1. The predicted octanol–water partition coefficient (Wildman–Crippen LogP) is 4.00. The highest BCUT2D eigenvalue weighted by atomic mass is 32.1. The lowest BCUT2D eigenvalue weighted by atomic mass is 10.2. The number of benzene rings is 1. The average molecular weight is 355 g/mol. The highest BCUT2D eigenvalue weighted by Gasteiger charge is 2.07. The highest BCUT2D eigenvalue weighted by molar-refractivity contribution is 7.14. The van der Waals surface area contributed by atoms with E-state index in [1.54, 1.807) is 12.3 Å². The topological polar surface area (TPSA) is 64.1 Å². The lowest BCUT2D eigenvalue weighted by Gasteiger charge is -2.02. The molecule has 3 aromatic rings.